The number of carbonyl (C=O) groups is 2. The lowest BCUT2D eigenvalue weighted by molar-refractivity contribution is -0.119. The number of thiazole rings is 1. The van der Waals surface area contributed by atoms with Gasteiger partial charge in [-0.15, -0.1) is 11.3 Å². The highest BCUT2D eigenvalue weighted by atomic mass is 32.2. The normalized spacial score (nSPS) is 10.6. The summed E-state index contributed by atoms with van der Waals surface area (Å²) in [5.74, 6) is 0.455. The first-order valence-corrected chi connectivity index (χ1v) is 11.2. The highest BCUT2D eigenvalue weighted by Crippen LogP contribution is 2.26. The Morgan fingerprint density at radius 1 is 1.13 bits per heavy atom. The number of nitrogens with zero attached hydrogens (tertiary/aromatic N) is 1. The van der Waals surface area contributed by atoms with Crippen LogP contribution in [0.1, 0.15) is 27.2 Å². The number of aryl methyl sites for hydroxylation is 1. The molecule has 1 aromatic heterocycles. The molecule has 0 atom stereocenters. The zero-order valence-electron chi connectivity index (χ0n) is 16.8. The van der Waals surface area contributed by atoms with Gasteiger partial charge in [-0.05, 0) is 42.3 Å². The number of benzene rings is 2. The summed E-state index contributed by atoms with van der Waals surface area (Å²) < 4.78 is 5.86. The molecule has 0 aliphatic rings. The molecule has 1 heterocycles. The van der Waals surface area contributed by atoms with Crippen molar-refractivity contribution < 1.29 is 14.3 Å². The molecule has 0 radical (unpaired) electrons. The monoisotopic (exact) mass is 441 g/mol. The predicted octanol–water partition coefficient (Wildman–Crippen LogP) is 4.26. The molecule has 2 N–H and O–H groups in total. The van der Waals surface area contributed by atoms with Gasteiger partial charge in [0.05, 0.1) is 0 Å². The SMILES string of the molecule is COCC(=O)Nc1cccc(CNC(=O)c2ccc(CSc3nc(C)cs3)cc2)c1. The number of nitrogens with one attached hydrogen (secondary N) is 2. The van der Waals surface area contributed by atoms with E-state index < -0.39 is 0 Å². The molecule has 0 unspecified atom stereocenters. The topological polar surface area (TPSA) is 80.3 Å². The highest BCUT2D eigenvalue weighted by Gasteiger charge is 2.07. The summed E-state index contributed by atoms with van der Waals surface area (Å²) in [6, 6.07) is 15.0. The molecule has 0 bridgehead atoms. The van der Waals surface area contributed by atoms with Crippen LogP contribution in [-0.2, 0) is 21.8 Å². The standard InChI is InChI=1S/C22H23N3O3S2/c1-15-13-29-22(24-15)30-14-16-6-8-18(9-7-16)21(27)23-11-17-4-3-5-19(10-17)25-20(26)12-28-2/h3-10,13H,11-12,14H2,1-2H3,(H,23,27)(H,25,26). The zero-order valence-corrected chi connectivity index (χ0v) is 18.4. The largest absolute Gasteiger partial charge is 0.375 e. The maximum atomic E-state index is 12.4. The van der Waals surface area contributed by atoms with Crippen molar-refractivity contribution in [2.75, 3.05) is 19.0 Å². The second kappa shape index (κ2) is 10.9. The summed E-state index contributed by atoms with van der Waals surface area (Å²) in [5, 5.41) is 7.70. The first kappa shape index (κ1) is 22.0. The predicted molar refractivity (Wildman–Crippen MR) is 121 cm³/mol. The van der Waals surface area contributed by atoms with E-state index in [2.05, 4.69) is 15.6 Å². The number of carbonyl (C=O) groups excluding carboxylic acids is 2. The van der Waals surface area contributed by atoms with Crippen molar-refractivity contribution in [1.82, 2.24) is 10.3 Å². The van der Waals surface area contributed by atoms with Crippen LogP contribution >= 0.6 is 23.1 Å². The Balaban J connectivity index is 1.50. The van der Waals surface area contributed by atoms with E-state index in [0.29, 0.717) is 17.8 Å². The van der Waals surface area contributed by atoms with Crippen LogP contribution in [0.25, 0.3) is 0 Å². The molecule has 0 saturated heterocycles. The van der Waals surface area contributed by atoms with Crippen LogP contribution in [-0.4, -0.2) is 30.5 Å². The molecule has 2 amide bonds. The maximum absolute atomic E-state index is 12.4. The minimum absolute atomic E-state index is 0.00105. The van der Waals surface area contributed by atoms with Crippen molar-refractivity contribution in [1.29, 1.82) is 0 Å². The Kier molecular flexibility index (Phi) is 8.01. The molecule has 0 fully saturated rings. The molecule has 3 aromatic rings. The van der Waals surface area contributed by atoms with Gasteiger partial charge < -0.3 is 15.4 Å². The summed E-state index contributed by atoms with van der Waals surface area (Å²) in [7, 11) is 1.47. The first-order chi connectivity index (χ1) is 14.5. The van der Waals surface area contributed by atoms with Gasteiger partial charge in [0.1, 0.15) is 10.9 Å². The third-order valence-corrected chi connectivity index (χ3v) is 6.33. The molecule has 0 spiro atoms. The Hall–Kier alpha value is -2.68. The van der Waals surface area contributed by atoms with Crippen LogP contribution in [0.4, 0.5) is 5.69 Å². The van der Waals surface area contributed by atoms with Crippen molar-refractivity contribution in [3.05, 3.63) is 76.3 Å². The molecule has 156 valence electrons. The van der Waals surface area contributed by atoms with Crippen LogP contribution in [0, 0.1) is 6.92 Å². The number of aromatic nitrogens is 1. The molecule has 6 nitrogen and oxygen atoms in total. The van der Waals surface area contributed by atoms with Crippen molar-refractivity contribution >= 4 is 40.6 Å². The second-order valence-corrected chi connectivity index (χ2v) is 8.69. The van der Waals surface area contributed by atoms with E-state index in [4.69, 9.17) is 4.74 Å². The number of thioether (sulfide) groups is 1. The molecule has 8 heteroatoms. The lowest BCUT2D eigenvalue weighted by atomic mass is 10.1. The van der Waals surface area contributed by atoms with E-state index in [9.17, 15) is 9.59 Å². The zero-order chi connectivity index (χ0) is 21.3. The van der Waals surface area contributed by atoms with Crippen molar-refractivity contribution in [3.63, 3.8) is 0 Å². The molecule has 0 aliphatic carbocycles. The van der Waals surface area contributed by atoms with Gasteiger partial charge in [0.25, 0.3) is 5.91 Å². The van der Waals surface area contributed by atoms with Crippen LogP contribution < -0.4 is 10.6 Å². The quantitative estimate of drug-likeness (QED) is 0.485. The molecular weight excluding hydrogens is 418 g/mol. The van der Waals surface area contributed by atoms with E-state index in [0.717, 1.165) is 26.9 Å². The maximum Gasteiger partial charge on any atom is 0.251 e. The summed E-state index contributed by atoms with van der Waals surface area (Å²) in [6.45, 7) is 2.36. The van der Waals surface area contributed by atoms with Gasteiger partial charge >= 0.3 is 0 Å². The fourth-order valence-corrected chi connectivity index (χ4v) is 4.47. The van der Waals surface area contributed by atoms with Crippen molar-refractivity contribution in [2.45, 2.75) is 23.6 Å². The molecule has 2 aromatic carbocycles. The van der Waals surface area contributed by atoms with Gasteiger partial charge in [0, 0.05) is 41.7 Å². The Morgan fingerprint density at radius 3 is 2.63 bits per heavy atom. The fourth-order valence-electron chi connectivity index (χ4n) is 2.67. The summed E-state index contributed by atoms with van der Waals surface area (Å²) in [5.41, 5.74) is 4.35. The minimum atomic E-state index is -0.220. The minimum Gasteiger partial charge on any atom is -0.375 e. The second-order valence-electron chi connectivity index (χ2n) is 6.60. The molecule has 30 heavy (non-hydrogen) atoms. The summed E-state index contributed by atoms with van der Waals surface area (Å²) >= 11 is 3.34. The van der Waals surface area contributed by atoms with Gasteiger partial charge in [0.15, 0.2) is 0 Å². The average molecular weight is 442 g/mol. The Bertz CT molecular complexity index is 1000. The number of amides is 2. The lowest BCUT2D eigenvalue weighted by Gasteiger charge is -2.09. The third-order valence-electron chi connectivity index (χ3n) is 4.12. The highest BCUT2D eigenvalue weighted by molar-refractivity contribution is 8.00. The van der Waals surface area contributed by atoms with Crippen LogP contribution in [0.5, 0.6) is 0 Å². The lowest BCUT2D eigenvalue weighted by Crippen LogP contribution is -2.23. The van der Waals surface area contributed by atoms with Gasteiger partial charge in [-0.1, -0.05) is 36.0 Å². The van der Waals surface area contributed by atoms with E-state index in [1.54, 1.807) is 29.2 Å². The van der Waals surface area contributed by atoms with E-state index in [1.165, 1.54) is 7.11 Å². The third kappa shape index (κ3) is 6.69. The van der Waals surface area contributed by atoms with E-state index in [1.807, 2.05) is 54.8 Å². The van der Waals surface area contributed by atoms with Crippen LogP contribution in [0.3, 0.4) is 0 Å². The Morgan fingerprint density at radius 2 is 1.93 bits per heavy atom. The number of rotatable bonds is 9. The number of hydrogen-bond donors (Lipinski definition) is 2. The van der Waals surface area contributed by atoms with Crippen LogP contribution in [0.2, 0.25) is 0 Å². The molecule has 0 aliphatic heterocycles. The van der Waals surface area contributed by atoms with Crippen molar-refractivity contribution in [2.24, 2.45) is 0 Å². The molecular formula is C22H23N3O3S2. The fraction of sp³-hybridized carbons (Fsp3) is 0.227. The van der Waals surface area contributed by atoms with Gasteiger partial charge in [-0.3, -0.25) is 9.59 Å². The van der Waals surface area contributed by atoms with Gasteiger partial charge in [0.2, 0.25) is 5.91 Å². The first-order valence-electron chi connectivity index (χ1n) is 9.33. The summed E-state index contributed by atoms with van der Waals surface area (Å²) in [6.07, 6.45) is 0. The number of hydrogen-bond acceptors (Lipinski definition) is 6. The number of anilines is 1. The summed E-state index contributed by atoms with van der Waals surface area (Å²) in [4.78, 5) is 28.5. The average Bonchev–Trinajstić information content (AvgIpc) is 3.16. The number of ether oxygens (including phenoxy) is 1. The van der Waals surface area contributed by atoms with E-state index >= 15 is 0 Å². The van der Waals surface area contributed by atoms with Gasteiger partial charge in [-0.25, -0.2) is 4.98 Å². The van der Waals surface area contributed by atoms with Crippen molar-refractivity contribution in [3.8, 4) is 0 Å². The number of methoxy groups -OCH3 is 1. The van der Waals surface area contributed by atoms with Gasteiger partial charge in [-0.2, -0.15) is 0 Å². The Labute approximate surface area is 184 Å². The van der Waals surface area contributed by atoms with Crippen LogP contribution in [0.15, 0.2) is 58.3 Å². The molecule has 3 rings (SSSR count). The van der Waals surface area contributed by atoms with E-state index in [-0.39, 0.29) is 18.4 Å². The molecule has 0 saturated carbocycles. The smallest absolute Gasteiger partial charge is 0.251 e.